The molecule has 0 aromatic carbocycles. The molecule has 0 atom stereocenters. The molecule has 0 heterocycles. The molecule has 0 saturated heterocycles. The van der Waals surface area contributed by atoms with E-state index in [0.29, 0.717) is 0 Å². The zero-order valence-corrected chi connectivity index (χ0v) is 10.4. The third-order valence-corrected chi connectivity index (χ3v) is 1.22. The quantitative estimate of drug-likeness (QED) is 0.379. The average Bonchev–Trinajstić information content (AvgIpc) is 1.79. The molecule has 11 heteroatoms. The zero-order valence-electron chi connectivity index (χ0n) is 6.62. The predicted octanol–water partition coefficient (Wildman–Crippen LogP) is -3.30. The first-order chi connectivity index (χ1) is 6.25. The summed E-state index contributed by atoms with van der Waals surface area (Å²) >= 11 is 0. The molecule has 15 heavy (non-hydrogen) atoms. The van der Waals surface area contributed by atoms with E-state index in [1.807, 2.05) is 0 Å². The predicted molar refractivity (Wildman–Crippen MR) is 38.2 cm³/mol. The van der Waals surface area contributed by atoms with Gasteiger partial charge in [-0.3, -0.25) is 0 Å². The van der Waals surface area contributed by atoms with Crippen molar-refractivity contribution < 1.29 is 59.1 Å². The van der Waals surface area contributed by atoms with Crippen LogP contribution < -0.4 is 20.4 Å². The molecule has 0 fully saturated rings. The molecule has 0 aliphatic heterocycles. The molecular weight excluding hydrogens is 339 g/mol. The number of rotatable bonds is 4. The smallest absolute Gasteiger partial charge is 0.545 e. The molecule has 0 bridgehead atoms. The fraction of sp³-hybridized carbons (Fsp3) is 0. The van der Waals surface area contributed by atoms with Crippen molar-refractivity contribution in [2.45, 2.75) is 0 Å². The average molecular weight is 341 g/mol. The largest absolute Gasteiger partial charge is 4.00 e. The standard InChI is InChI=1S/2C2H3O4P.Ru/c2*3-1(4)7-2(5)6;/h2*7H,(H,3,4)(H,5,6);/q;;+4/p-4. The molecule has 0 radical (unpaired) electrons. The van der Waals surface area contributed by atoms with Crippen LogP contribution in [0.15, 0.2) is 0 Å². The summed E-state index contributed by atoms with van der Waals surface area (Å²) in [5.41, 5.74) is -6.39. The van der Waals surface area contributed by atoms with E-state index >= 15 is 0 Å². The van der Waals surface area contributed by atoms with Crippen LogP contribution in [0, 0.1) is 0 Å². The molecule has 0 aromatic rings. The Morgan fingerprint density at radius 3 is 0.733 bits per heavy atom. The Morgan fingerprint density at radius 2 is 0.733 bits per heavy atom. The van der Waals surface area contributed by atoms with Crippen LogP contribution in [0.1, 0.15) is 0 Å². The van der Waals surface area contributed by atoms with E-state index in [9.17, 15) is 39.6 Å². The Labute approximate surface area is 99.4 Å². The maximum Gasteiger partial charge on any atom is 4.00 e. The van der Waals surface area contributed by atoms with Gasteiger partial charge in [0.05, 0.1) is 22.8 Å². The minimum Gasteiger partial charge on any atom is -0.545 e. The van der Waals surface area contributed by atoms with Crippen LogP contribution in [0.25, 0.3) is 0 Å². The first kappa shape index (κ1) is 19.9. The van der Waals surface area contributed by atoms with Gasteiger partial charge >= 0.3 is 19.5 Å². The summed E-state index contributed by atoms with van der Waals surface area (Å²) in [5.74, 6) is 0. The summed E-state index contributed by atoms with van der Waals surface area (Å²) in [6.07, 6.45) is 0. The van der Waals surface area contributed by atoms with Crippen molar-refractivity contribution >= 4 is 40.0 Å². The van der Waals surface area contributed by atoms with Gasteiger partial charge in [-0.15, -0.1) is 0 Å². The third-order valence-electron chi connectivity index (χ3n) is 0.408. The van der Waals surface area contributed by atoms with Crippen molar-refractivity contribution in [2.24, 2.45) is 0 Å². The molecule has 84 valence electrons. The molecule has 0 aromatic heterocycles. The van der Waals surface area contributed by atoms with E-state index in [-0.39, 0.29) is 19.5 Å². The van der Waals surface area contributed by atoms with Crippen molar-refractivity contribution in [1.82, 2.24) is 0 Å². The Balaban J connectivity index is -0.000000180. The van der Waals surface area contributed by atoms with Crippen LogP contribution in [0.4, 0.5) is 19.2 Å². The van der Waals surface area contributed by atoms with Gasteiger partial charge in [0.2, 0.25) is 0 Å². The second-order valence-corrected chi connectivity index (χ2v) is 3.53. The summed E-state index contributed by atoms with van der Waals surface area (Å²) in [6.45, 7) is 0. The van der Waals surface area contributed by atoms with Gasteiger partial charge < -0.3 is 39.6 Å². The van der Waals surface area contributed by atoms with Gasteiger partial charge in [0, 0.05) is 0 Å². The maximum absolute atomic E-state index is 9.29. The molecule has 0 saturated carbocycles. The van der Waals surface area contributed by atoms with Crippen LogP contribution in [0.3, 0.4) is 0 Å². The fourth-order valence-corrected chi connectivity index (χ4v) is 0.500. The fourth-order valence-electron chi connectivity index (χ4n) is 0.167. The Morgan fingerprint density at radius 1 is 0.600 bits per heavy atom. The second kappa shape index (κ2) is 11.4. The summed E-state index contributed by atoms with van der Waals surface area (Å²) < 4.78 is 0. The van der Waals surface area contributed by atoms with Gasteiger partial charge in [0.25, 0.3) is 0 Å². The topological polar surface area (TPSA) is 161 Å². The summed E-state index contributed by atoms with van der Waals surface area (Å²) in [7, 11) is -2.49. The molecule has 0 aliphatic rings. The number of hydrogen-bond donors (Lipinski definition) is 0. The van der Waals surface area contributed by atoms with Gasteiger partial charge in [-0.05, 0) is 17.2 Å². The third kappa shape index (κ3) is 31.8. The van der Waals surface area contributed by atoms with Gasteiger partial charge in [-0.2, -0.15) is 0 Å². The minimum atomic E-state index is -1.60. The van der Waals surface area contributed by atoms with Crippen LogP contribution in [0.5, 0.6) is 0 Å². The Bertz CT molecular complexity index is 203. The van der Waals surface area contributed by atoms with Crippen LogP contribution in [-0.2, 0) is 19.5 Å². The summed E-state index contributed by atoms with van der Waals surface area (Å²) in [6, 6.07) is 0. The SMILES string of the molecule is O=C([O-])PC(=O)[O-].O=C([O-])PC(=O)[O-].[Ru+4]. The molecule has 0 spiro atoms. The zero-order chi connectivity index (χ0) is 11.7. The molecular formula is C4H2O8P2Ru. The molecule has 0 amide bonds. The molecule has 0 rings (SSSR count). The van der Waals surface area contributed by atoms with Gasteiger partial charge in [0.1, 0.15) is 0 Å². The van der Waals surface area contributed by atoms with Crippen LogP contribution in [0.2, 0.25) is 0 Å². The van der Waals surface area contributed by atoms with Crippen molar-refractivity contribution in [2.75, 3.05) is 0 Å². The van der Waals surface area contributed by atoms with Crippen molar-refractivity contribution in [3.05, 3.63) is 0 Å². The van der Waals surface area contributed by atoms with Gasteiger partial charge in [-0.25, -0.2) is 0 Å². The normalized spacial score (nSPS) is 7.47. The molecule has 8 nitrogen and oxygen atoms in total. The molecule has 0 aliphatic carbocycles. The number of carboxylic acid groups (broad SMARTS) is 4. The number of hydrogen-bond acceptors (Lipinski definition) is 8. The number of carbonyl (C=O) groups excluding carboxylic acids is 4. The summed E-state index contributed by atoms with van der Waals surface area (Å²) in [4.78, 5) is 37.2. The van der Waals surface area contributed by atoms with E-state index in [1.165, 1.54) is 0 Å². The van der Waals surface area contributed by atoms with E-state index in [2.05, 4.69) is 0 Å². The minimum absolute atomic E-state index is 0. The van der Waals surface area contributed by atoms with Crippen molar-refractivity contribution in [1.29, 1.82) is 0 Å². The summed E-state index contributed by atoms with van der Waals surface area (Å²) in [5, 5.41) is 37.2. The molecule has 0 unspecified atom stereocenters. The Kier molecular flexibility index (Phi) is 15.1. The van der Waals surface area contributed by atoms with E-state index in [0.717, 1.165) is 0 Å². The van der Waals surface area contributed by atoms with Crippen molar-refractivity contribution in [3.63, 3.8) is 0 Å². The van der Waals surface area contributed by atoms with E-state index in [4.69, 9.17) is 0 Å². The van der Waals surface area contributed by atoms with E-state index in [1.54, 1.807) is 0 Å². The van der Waals surface area contributed by atoms with Crippen LogP contribution >= 0.6 is 17.2 Å². The second-order valence-electron chi connectivity index (χ2n) is 1.40. The van der Waals surface area contributed by atoms with Gasteiger partial charge in [-0.1, -0.05) is 0 Å². The Hall–Kier alpha value is -0.637. The monoisotopic (exact) mass is 342 g/mol. The number of carbonyl (C=O) groups is 4. The van der Waals surface area contributed by atoms with Gasteiger partial charge in [0.15, 0.2) is 0 Å². The first-order valence-electron chi connectivity index (χ1n) is 2.63. The molecule has 0 N–H and O–H groups in total. The van der Waals surface area contributed by atoms with E-state index < -0.39 is 40.0 Å². The first-order valence-corrected chi connectivity index (χ1v) is 4.63. The van der Waals surface area contributed by atoms with Crippen molar-refractivity contribution in [3.8, 4) is 0 Å². The maximum atomic E-state index is 9.29. The van der Waals surface area contributed by atoms with Crippen LogP contribution in [-0.4, -0.2) is 22.8 Å².